The van der Waals surface area contributed by atoms with E-state index in [0.29, 0.717) is 37.1 Å². The minimum Gasteiger partial charge on any atom is -0.374 e. The number of fused-ring (bicyclic) bond motifs is 3. The molecular weight excluding hydrogens is 467 g/mol. The molecule has 1 aliphatic heterocycles. The molecule has 1 aromatic carbocycles. The summed E-state index contributed by atoms with van der Waals surface area (Å²) in [5.74, 6) is -0.897. The maximum Gasteiger partial charge on any atom is 0.435 e. The Hall–Kier alpha value is -2.85. The van der Waals surface area contributed by atoms with Crippen LogP contribution in [0.1, 0.15) is 35.4 Å². The predicted octanol–water partition coefficient (Wildman–Crippen LogP) is 5.25. The van der Waals surface area contributed by atoms with E-state index in [0.717, 1.165) is 11.6 Å². The van der Waals surface area contributed by atoms with Crippen molar-refractivity contribution in [2.24, 2.45) is 11.8 Å². The molecule has 1 saturated carbocycles. The van der Waals surface area contributed by atoms with Gasteiger partial charge in [-0.2, -0.15) is 26.3 Å². The molecule has 34 heavy (non-hydrogen) atoms. The summed E-state index contributed by atoms with van der Waals surface area (Å²) in [6.45, 7) is 0.574. The van der Waals surface area contributed by atoms with Crippen molar-refractivity contribution in [2.75, 3.05) is 18.5 Å². The Morgan fingerprint density at radius 2 is 1.68 bits per heavy atom. The molecular formula is C23H22F7N3O. The third-order valence-electron chi connectivity index (χ3n) is 6.88. The first kappa shape index (κ1) is 24.3. The van der Waals surface area contributed by atoms with Crippen LogP contribution in [-0.4, -0.2) is 36.8 Å². The predicted molar refractivity (Wildman–Crippen MR) is 110 cm³/mol. The van der Waals surface area contributed by atoms with Crippen LogP contribution in [0.25, 0.3) is 0 Å². The molecule has 184 valence electrons. The minimum atomic E-state index is -6.17. The Kier molecular flexibility index (Phi) is 6.02. The Morgan fingerprint density at radius 1 is 1.03 bits per heavy atom. The quantitative estimate of drug-likeness (QED) is 0.597. The Balaban J connectivity index is 1.58. The number of nitrogens with one attached hydrogen (secondary N) is 1. The maximum absolute atomic E-state index is 14.6. The topological polar surface area (TPSA) is 45.2 Å². The van der Waals surface area contributed by atoms with E-state index in [1.165, 1.54) is 11.9 Å². The molecule has 0 unspecified atom stereocenters. The zero-order valence-electron chi connectivity index (χ0n) is 18.1. The summed E-state index contributed by atoms with van der Waals surface area (Å²) in [7, 11) is 1.52. The van der Waals surface area contributed by atoms with E-state index < -0.39 is 23.6 Å². The lowest BCUT2D eigenvalue weighted by Crippen LogP contribution is -2.50. The first-order valence-corrected chi connectivity index (χ1v) is 10.7. The molecule has 2 heterocycles. The van der Waals surface area contributed by atoms with Crippen LogP contribution in [0.15, 0.2) is 42.7 Å². The summed E-state index contributed by atoms with van der Waals surface area (Å²) >= 11 is 0. The molecule has 1 aromatic heterocycles. The normalized spacial score (nSPS) is 22.8. The number of pyridine rings is 1. The molecule has 2 aliphatic rings. The van der Waals surface area contributed by atoms with E-state index in [4.69, 9.17) is 0 Å². The Bertz CT molecular complexity index is 1040. The van der Waals surface area contributed by atoms with Gasteiger partial charge in [-0.1, -0.05) is 12.1 Å². The molecule has 0 radical (unpaired) electrons. The van der Waals surface area contributed by atoms with Gasteiger partial charge in [0.15, 0.2) is 0 Å². The van der Waals surface area contributed by atoms with Gasteiger partial charge < -0.3 is 10.2 Å². The van der Waals surface area contributed by atoms with Gasteiger partial charge in [-0.15, -0.1) is 0 Å². The molecule has 11 heteroatoms. The van der Waals surface area contributed by atoms with Crippen LogP contribution in [0.5, 0.6) is 0 Å². The van der Waals surface area contributed by atoms with E-state index in [9.17, 15) is 35.5 Å². The molecule has 3 atom stereocenters. The molecule has 0 spiro atoms. The van der Waals surface area contributed by atoms with Crippen LogP contribution in [0.4, 0.5) is 36.4 Å². The molecule has 1 N–H and O–H groups in total. The molecule has 4 rings (SSSR count). The zero-order valence-corrected chi connectivity index (χ0v) is 18.1. The number of carbonyl (C=O) groups excluding carboxylic acids is 1. The number of halogens is 7. The average Bonchev–Trinajstić information content (AvgIpc) is 3.20. The number of carbonyl (C=O) groups is 1. The monoisotopic (exact) mass is 489 g/mol. The summed E-state index contributed by atoms with van der Waals surface area (Å²) in [4.78, 5) is 18.3. The van der Waals surface area contributed by atoms with Gasteiger partial charge in [0.2, 0.25) is 5.91 Å². The summed E-state index contributed by atoms with van der Waals surface area (Å²) < 4.78 is 93.8. The zero-order chi connectivity index (χ0) is 24.9. The first-order valence-electron chi connectivity index (χ1n) is 10.7. The number of anilines is 1. The van der Waals surface area contributed by atoms with Gasteiger partial charge in [0.25, 0.3) is 0 Å². The SMILES string of the molecule is CN1C[C@H]2[C@H](C(=O)NCc3ccncc3)CC[C@H]2c2ccc(C(F)(C(F)(F)F)C(F)(F)F)cc21. The molecule has 1 aliphatic carbocycles. The Labute approximate surface area is 191 Å². The van der Waals surface area contributed by atoms with Gasteiger partial charge in [0.1, 0.15) is 0 Å². The number of hydrogen-bond donors (Lipinski definition) is 1. The summed E-state index contributed by atoms with van der Waals surface area (Å²) in [6.07, 6.45) is -8.03. The van der Waals surface area contributed by atoms with E-state index >= 15 is 0 Å². The van der Waals surface area contributed by atoms with Crippen molar-refractivity contribution in [3.05, 3.63) is 59.4 Å². The second-order valence-corrected chi connectivity index (χ2v) is 8.84. The first-order chi connectivity index (χ1) is 15.8. The van der Waals surface area contributed by atoms with E-state index in [1.807, 2.05) is 0 Å². The lowest BCUT2D eigenvalue weighted by molar-refractivity contribution is -0.348. The third kappa shape index (κ3) is 3.98. The van der Waals surface area contributed by atoms with Crippen LogP contribution in [0.2, 0.25) is 0 Å². The lowest BCUT2D eigenvalue weighted by atomic mass is 9.79. The van der Waals surface area contributed by atoms with Crippen molar-refractivity contribution >= 4 is 11.6 Å². The highest BCUT2D eigenvalue weighted by Crippen LogP contribution is 2.56. The molecule has 4 nitrogen and oxygen atoms in total. The second kappa shape index (κ2) is 8.42. The smallest absolute Gasteiger partial charge is 0.374 e. The van der Waals surface area contributed by atoms with Crippen LogP contribution in [0, 0.1) is 11.8 Å². The molecule has 1 fully saturated rings. The molecule has 2 aromatic rings. The van der Waals surface area contributed by atoms with Crippen molar-refractivity contribution < 1.29 is 35.5 Å². The average molecular weight is 489 g/mol. The highest BCUT2D eigenvalue weighted by atomic mass is 19.4. The van der Waals surface area contributed by atoms with Crippen molar-refractivity contribution in [3.8, 4) is 0 Å². The van der Waals surface area contributed by atoms with Crippen LogP contribution in [-0.2, 0) is 17.0 Å². The maximum atomic E-state index is 14.6. The van der Waals surface area contributed by atoms with Gasteiger partial charge in [0.05, 0.1) is 0 Å². The number of amides is 1. The highest BCUT2D eigenvalue weighted by molar-refractivity contribution is 5.80. The van der Waals surface area contributed by atoms with Crippen LogP contribution < -0.4 is 10.2 Å². The van der Waals surface area contributed by atoms with Crippen LogP contribution in [0.3, 0.4) is 0 Å². The van der Waals surface area contributed by atoms with E-state index in [1.54, 1.807) is 24.5 Å². The number of aromatic nitrogens is 1. The summed E-state index contributed by atoms with van der Waals surface area (Å²) in [6, 6.07) is 5.89. The summed E-state index contributed by atoms with van der Waals surface area (Å²) in [5, 5.41) is 2.89. The van der Waals surface area contributed by atoms with Crippen molar-refractivity contribution in [1.29, 1.82) is 0 Å². The van der Waals surface area contributed by atoms with Gasteiger partial charge in [0, 0.05) is 49.7 Å². The van der Waals surface area contributed by atoms with Gasteiger partial charge >= 0.3 is 18.0 Å². The van der Waals surface area contributed by atoms with Crippen molar-refractivity contribution in [2.45, 2.75) is 43.3 Å². The summed E-state index contributed by atoms with van der Waals surface area (Å²) in [5.41, 5.74) is -5.45. The molecule has 0 saturated heterocycles. The number of alkyl halides is 7. The van der Waals surface area contributed by atoms with Crippen LogP contribution >= 0.6 is 0 Å². The lowest BCUT2D eigenvalue weighted by Gasteiger charge is -2.39. The van der Waals surface area contributed by atoms with Crippen molar-refractivity contribution in [1.82, 2.24) is 10.3 Å². The third-order valence-corrected chi connectivity index (χ3v) is 6.88. The molecule has 0 bridgehead atoms. The largest absolute Gasteiger partial charge is 0.435 e. The fourth-order valence-corrected chi connectivity index (χ4v) is 5.16. The van der Waals surface area contributed by atoms with Gasteiger partial charge in [-0.3, -0.25) is 9.78 Å². The Morgan fingerprint density at radius 3 is 2.29 bits per heavy atom. The van der Waals surface area contributed by atoms with E-state index in [-0.39, 0.29) is 35.9 Å². The number of hydrogen-bond acceptors (Lipinski definition) is 3. The highest BCUT2D eigenvalue weighted by Gasteiger charge is 2.73. The molecule has 1 amide bonds. The second-order valence-electron chi connectivity index (χ2n) is 8.84. The van der Waals surface area contributed by atoms with Crippen molar-refractivity contribution in [3.63, 3.8) is 0 Å². The van der Waals surface area contributed by atoms with Gasteiger partial charge in [-0.25, -0.2) is 4.39 Å². The van der Waals surface area contributed by atoms with E-state index in [2.05, 4.69) is 10.3 Å². The number of benzene rings is 1. The number of rotatable bonds is 4. The van der Waals surface area contributed by atoms with Gasteiger partial charge in [-0.05, 0) is 54.0 Å². The minimum absolute atomic E-state index is 0.118. The fourth-order valence-electron chi connectivity index (χ4n) is 5.16. The fraction of sp³-hybridized carbons (Fsp3) is 0.478. The standard InChI is InChI=1S/C23H22F7N3O/c1-33-12-18-15(4-5-17(18)20(34)32-11-13-6-8-31-9-7-13)16-3-2-14(10-19(16)33)21(24,22(25,26)27)23(28,29)30/h2-3,6-10,15,17-18H,4-5,11-12H2,1H3,(H,32,34)/t15-,17+,18+/m0/s1. The number of nitrogens with zero attached hydrogens (tertiary/aromatic N) is 2.